The summed E-state index contributed by atoms with van der Waals surface area (Å²) in [7, 11) is 0. The second-order valence-corrected chi connectivity index (χ2v) is 6.73. The Hall–Kier alpha value is -3.21. The van der Waals surface area contributed by atoms with E-state index in [2.05, 4.69) is 12.2 Å². The van der Waals surface area contributed by atoms with Gasteiger partial charge in [-0.3, -0.25) is 4.79 Å². The number of benzene rings is 2. The van der Waals surface area contributed by atoms with Crippen LogP contribution in [0.25, 0.3) is 11.3 Å². The lowest BCUT2D eigenvalue weighted by Crippen LogP contribution is -2.18. The summed E-state index contributed by atoms with van der Waals surface area (Å²) >= 11 is 0. The van der Waals surface area contributed by atoms with Gasteiger partial charge < -0.3 is 10.4 Å². The van der Waals surface area contributed by atoms with Gasteiger partial charge in [0.15, 0.2) is 5.82 Å². The molecular formula is C22H21N3O2. The van der Waals surface area contributed by atoms with Crippen molar-refractivity contribution in [3.8, 4) is 17.0 Å². The van der Waals surface area contributed by atoms with Crippen LogP contribution in [0.3, 0.4) is 0 Å². The number of fused-ring (bicyclic) bond motifs is 3. The van der Waals surface area contributed by atoms with E-state index in [1.54, 1.807) is 24.3 Å². The predicted molar refractivity (Wildman–Crippen MR) is 105 cm³/mol. The third kappa shape index (κ3) is 3.40. The topological polar surface area (TPSA) is 75.1 Å². The van der Waals surface area contributed by atoms with Crippen LogP contribution in [0.5, 0.6) is 5.75 Å². The molecule has 5 nitrogen and oxygen atoms in total. The van der Waals surface area contributed by atoms with Crippen molar-refractivity contribution in [2.75, 3.05) is 5.32 Å². The molecular weight excluding hydrogens is 338 g/mol. The van der Waals surface area contributed by atoms with Crippen LogP contribution in [0.2, 0.25) is 0 Å². The highest BCUT2D eigenvalue weighted by Gasteiger charge is 2.22. The summed E-state index contributed by atoms with van der Waals surface area (Å²) in [6, 6.07) is 14.5. The molecule has 5 heteroatoms. The molecule has 0 saturated carbocycles. The fourth-order valence-electron chi connectivity index (χ4n) is 3.45. The zero-order valence-electron chi connectivity index (χ0n) is 15.2. The first-order valence-electron chi connectivity index (χ1n) is 9.24. The Balaban J connectivity index is 1.73. The average molecular weight is 359 g/mol. The van der Waals surface area contributed by atoms with Gasteiger partial charge >= 0.3 is 0 Å². The van der Waals surface area contributed by atoms with Crippen molar-refractivity contribution in [1.82, 2.24) is 9.97 Å². The second kappa shape index (κ2) is 7.19. The number of hydrogen-bond donors (Lipinski definition) is 2. The highest BCUT2D eigenvalue weighted by atomic mass is 16.3. The van der Waals surface area contributed by atoms with Crippen LogP contribution < -0.4 is 5.32 Å². The van der Waals surface area contributed by atoms with Crippen molar-refractivity contribution in [1.29, 1.82) is 0 Å². The number of aromatic hydroxyl groups is 1. The molecule has 1 aliphatic carbocycles. The van der Waals surface area contributed by atoms with Crippen molar-refractivity contribution >= 4 is 11.7 Å². The second-order valence-electron chi connectivity index (χ2n) is 6.73. The van der Waals surface area contributed by atoms with Crippen molar-refractivity contribution in [3.63, 3.8) is 0 Å². The van der Waals surface area contributed by atoms with Crippen molar-refractivity contribution in [2.45, 2.75) is 32.6 Å². The molecule has 1 amide bonds. The number of nitrogens with zero attached hydrogens (tertiary/aromatic N) is 2. The number of phenolic OH excluding ortho intramolecular Hbond substituents is 1. The molecule has 1 aliphatic rings. The van der Waals surface area contributed by atoms with Crippen LogP contribution >= 0.6 is 0 Å². The summed E-state index contributed by atoms with van der Waals surface area (Å²) in [5.74, 6) is 0.640. The minimum atomic E-state index is -0.177. The van der Waals surface area contributed by atoms with E-state index in [4.69, 9.17) is 9.97 Å². The molecule has 1 aromatic heterocycles. The number of hydrogen-bond acceptors (Lipinski definition) is 4. The van der Waals surface area contributed by atoms with E-state index in [-0.39, 0.29) is 11.7 Å². The molecule has 1 heterocycles. The Kier molecular flexibility index (Phi) is 4.59. The number of rotatable bonds is 4. The lowest BCUT2D eigenvalue weighted by Gasteiger charge is -2.21. The number of anilines is 1. The molecule has 27 heavy (non-hydrogen) atoms. The number of carbonyl (C=O) groups excluding carboxylic acids is 1. The van der Waals surface area contributed by atoms with E-state index in [9.17, 15) is 9.90 Å². The highest BCUT2D eigenvalue weighted by molar-refractivity contribution is 6.04. The SMILES string of the molecule is CCCc1nc2c(nc1NC(=O)c1ccccc1)CCc1cc(O)ccc1-2. The van der Waals surface area contributed by atoms with E-state index in [1.807, 2.05) is 24.3 Å². The fraction of sp³-hybridized carbons (Fsp3) is 0.227. The predicted octanol–water partition coefficient (Wildman–Crippen LogP) is 4.15. The van der Waals surface area contributed by atoms with Crippen LogP contribution in [0.4, 0.5) is 5.82 Å². The Morgan fingerprint density at radius 3 is 2.70 bits per heavy atom. The maximum Gasteiger partial charge on any atom is 0.256 e. The minimum Gasteiger partial charge on any atom is -0.508 e. The molecule has 0 fully saturated rings. The number of aryl methyl sites for hydroxylation is 3. The van der Waals surface area contributed by atoms with E-state index < -0.39 is 0 Å². The highest BCUT2D eigenvalue weighted by Crippen LogP contribution is 2.34. The zero-order chi connectivity index (χ0) is 18.8. The third-order valence-electron chi connectivity index (χ3n) is 4.77. The first kappa shape index (κ1) is 17.2. The van der Waals surface area contributed by atoms with Gasteiger partial charge in [-0.25, -0.2) is 9.97 Å². The lowest BCUT2D eigenvalue weighted by molar-refractivity contribution is 0.102. The van der Waals surface area contributed by atoms with Gasteiger partial charge in [0.1, 0.15) is 5.75 Å². The Bertz CT molecular complexity index is 1000. The van der Waals surface area contributed by atoms with Gasteiger partial charge in [-0.15, -0.1) is 0 Å². The summed E-state index contributed by atoms with van der Waals surface area (Å²) in [5.41, 5.74) is 5.23. The van der Waals surface area contributed by atoms with Gasteiger partial charge in [0.2, 0.25) is 0 Å². The van der Waals surface area contributed by atoms with Crippen LogP contribution in [0.1, 0.15) is 40.7 Å². The quantitative estimate of drug-likeness (QED) is 0.734. The van der Waals surface area contributed by atoms with Gasteiger partial charge in [-0.2, -0.15) is 0 Å². The van der Waals surface area contributed by atoms with E-state index in [0.717, 1.165) is 53.9 Å². The lowest BCUT2D eigenvalue weighted by atomic mass is 9.91. The Morgan fingerprint density at radius 1 is 1.11 bits per heavy atom. The summed E-state index contributed by atoms with van der Waals surface area (Å²) < 4.78 is 0. The molecule has 136 valence electrons. The molecule has 4 rings (SSSR count). The number of nitrogens with one attached hydrogen (secondary N) is 1. The van der Waals surface area contributed by atoms with Crippen molar-refractivity contribution < 1.29 is 9.90 Å². The summed E-state index contributed by atoms with van der Waals surface area (Å²) in [6.45, 7) is 2.08. The van der Waals surface area contributed by atoms with Gasteiger partial charge in [-0.05, 0) is 55.2 Å². The van der Waals surface area contributed by atoms with Crippen molar-refractivity contribution in [3.05, 3.63) is 71.0 Å². The van der Waals surface area contributed by atoms with Gasteiger partial charge in [0, 0.05) is 11.1 Å². The fourth-order valence-corrected chi connectivity index (χ4v) is 3.45. The summed E-state index contributed by atoms with van der Waals surface area (Å²) in [4.78, 5) is 22.2. The molecule has 0 radical (unpaired) electrons. The Morgan fingerprint density at radius 2 is 1.93 bits per heavy atom. The van der Waals surface area contributed by atoms with Gasteiger partial charge in [-0.1, -0.05) is 31.5 Å². The molecule has 0 aliphatic heterocycles. The molecule has 0 spiro atoms. The van der Waals surface area contributed by atoms with Gasteiger partial charge in [0.05, 0.1) is 17.1 Å². The number of amides is 1. The average Bonchev–Trinajstić information content (AvgIpc) is 2.69. The smallest absolute Gasteiger partial charge is 0.256 e. The number of phenols is 1. The molecule has 2 aromatic carbocycles. The number of carbonyl (C=O) groups is 1. The maximum absolute atomic E-state index is 12.6. The van der Waals surface area contributed by atoms with E-state index in [0.29, 0.717) is 11.4 Å². The molecule has 2 N–H and O–H groups in total. The van der Waals surface area contributed by atoms with E-state index in [1.165, 1.54) is 0 Å². The standard InChI is InChI=1S/C22H21N3O2/c1-2-6-19-21(25-22(27)14-7-4-3-5-8-14)24-18-12-9-15-13-16(26)10-11-17(15)20(18)23-19/h3-5,7-8,10-11,13,26H,2,6,9,12H2,1H3,(H,24,25,27). The number of aromatic nitrogens is 2. The van der Waals surface area contributed by atoms with Crippen LogP contribution in [0.15, 0.2) is 48.5 Å². The van der Waals surface area contributed by atoms with E-state index >= 15 is 0 Å². The van der Waals surface area contributed by atoms with Crippen LogP contribution in [0, 0.1) is 0 Å². The zero-order valence-corrected chi connectivity index (χ0v) is 15.2. The summed E-state index contributed by atoms with van der Waals surface area (Å²) in [5, 5.41) is 12.7. The third-order valence-corrected chi connectivity index (χ3v) is 4.77. The first-order valence-corrected chi connectivity index (χ1v) is 9.24. The molecule has 0 atom stereocenters. The van der Waals surface area contributed by atoms with Gasteiger partial charge in [0.25, 0.3) is 5.91 Å². The van der Waals surface area contributed by atoms with Crippen molar-refractivity contribution in [2.24, 2.45) is 0 Å². The molecule has 3 aromatic rings. The molecule has 0 saturated heterocycles. The minimum absolute atomic E-state index is 0.177. The Labute approximate surface area is 158 Å². The van der Waals surface area contributed by atoms with Crippen LogP contribution in [-0.2, 0) is 19.3 Å². The van der Waals surface area contributed by atoms with Crippen LogP contribution in [-0.4, -0.2) is 21.0 Å². The molecule has 0 bridgehead atoms. The molecule has 0 unspecified atom stereocenters. The first-order chi connectivity index (χ1) is 13.2. The summed E-state index contributed by atoms with van der Waals surface area (Å²) in [6.07, 6.45) is 3.17. The monoisotopic (exact) mass is 359 g/mol. The normalized spacial score (nSPS) is 12.2. The maximum atomic E-state index is 12.6. The largest absolute Gasteiger partial charge is 0.508 e.